The monoisotopic (exact) mass is 371 g/mol. The summed E-state index contributed by atoms with van der Waals surface area (Å²) in [5.41, 5.74) is 1.35. The van der Waals surface area contributed by atoms with Crippen LogP contribution in [0.1, 0.15) is 49.8 Å². The maximum Gasteiger partial charge on any atom is 0.147 e. The fourth-order valence-corrected chi connectivity index (χ4v) is 3.86. The van der Waals surface area contributed by atoms with Crippen LogP contribution in [0.3, 0.4) is 0 Å². The Morgan fingerprint density at radius 2 is 1.78 bits per heavy atom. The SMILES string of the molecule is CCOc1ccc(CN2CCC(c3nnc(CN(C)C)n3CC)CC2)cc1. The van der Waals surface area contributed by atoms with Gasteiger partial charge in [0.2, 0.25) is 0 Å². The van der Waals surface area contributed by atoms with Crippen LogP contribution in [0, 0.1) is 0 Å². The van der Waals surface area contributed by atoms with Crippen molar-refractivity contribution in [2.45, 2.75) is 52.2 Å². The molecular formula is C21H33N5O. The number of piperidine rings is 1. The highest BCUT2D eigenvalue weighted by molar-refractivity contribution is 5.27. The van der Waals surface area contributed by atoms with E-state index in [1.165, 1.54) is 11.4 Å². The molecule has 0 saturated carbocycles. The first-order valence-electron chi connectivity index (χ1n) is 10.1. The lowest BCUT2D eigenvalue weighted by Gasteiger charge is -2.31. The van der Waals surface area contributed by atoms with E-state index in [4.69, 9.17) is 4.74 Å². The van der Waals surface area contributed by atoms with E-state index in [0.717, 1.165) is 57.1 Å². The van der Waals surface area contributed by atoms with Crippen LogP contribution in [0.25, 0.3) is 0 Å². The maximum absolute atomic E-state index is 5.53. The van der Waals surface area contributed by atoms with Crippen LogP contribution >= 0.6 is 0 Å². The molecule has 3 rings (SSSR count). The van der Waals surface area contributed by atoms with Crippen LogP contribution in [-0.2, 0) is 19.6 Å². The minimum atomic E-state index is 0.518. The third-order valence-electron chi connectivity index (χ3n) is 5.22. The molecule has 1 aromatic carbocycles. The molecule has 1 aliphatic heterocycles. The van der Waals surface area contributed by atoms with Gasteiger partial charge in [-0.25, -0.2) is 0 Å². The van der Waals surface area contributed by atoms with Crippen molar-refractivity contribution in [1.29, 1.82) is 0 Å². The van der Waals surface area contributed by atoms with Crippen LogP contribution in [-0.4, -0.2) is 58.4 Å². The van der Waals surface area contributed by atoms with E-state index in [2.05, 4.69) is 69.8 Å². The van der Waals surface area contributed by atoms with Gasteiger partial charge in [0.05, 0.1) is 13.2 Å². The van der Waals surface area contributed by atoms with Crippen LogP contribution in [0.15, 0.2) is 24.3 Å². The van der Waals surface area contributed by atoms with Crippen molar-refractivity contribution in [2.75, 3.05) is 33.8 Å². The third kappa shape index (κ3) is 5.08. The van der Waals surface area contributed by atoms with E-state index in [-0.39, 0.29) is 0 Å². The maximum atomic E-state index is 5.53. The molecule has 148 valence electrons. The summed E-state index contributed by atoms with van der Waals surface area (Å²) in [5, 5.41) is 9.01. The lowest BCUT2D eigenvalue weighted by atomic mass is 9.95. The fourth-order valence-electron chi connectivity index (χ4n) is 3.86. The lowest BCUT2D eigenvalue weighted by Crippen LogP contribution is -2.33. The Morgan fingerprint density at radius 1 is 1.07 bits per heavy atom. The van der Waals surface area contributed by atoms with E-state index in [0.29, 0.717) is 12.5 Å². The van der Waals surface area contributed by atoms with Crippen molar-refractivity contribution in [3.8, 4) is 5.75 Å². The number of hydrogen-bond acceptors (Lipinski definition) is 5. The summed E-state index contributed by atoms with van der Waals surface area (Å²) in [4.78, 5) is 4.69. The zero-order valence-corrected chi connectivity index (χ0v) is 17.2. The van der Waals surface area contributed by atoms with Crippen molar-refractivity contribution >= 4 is 0 Å². The van der Waals surface area contributed by atoms with Crippen molar-refractivity contribution in [2.24, 2.45) is 0 Å². The van der Waals surface area contributed by atoms with Gasteiger partial charge in [0.1, 0.15) is 17.4 Å². The van der Waals surface area contributed by atoms with Crippen molar-refractivity contribution in [1.82, 2.24) is 24.6 Å². The molecule has 2 heterocycles. The molecule has 0 unspecified atom stereocenters. The van der Waals surface area contributed by atoms with E-state index < -0.39 is 0 Å². The average molecular weight is 372 g/mol. The van der Waals surface area contributed by atoms with E-state index in [1.54, 1.807) is 0 Å². The van der Waals surface area contributed by atoms with Crippen LogP contribution in [0.2, 0.25) is 0 Å². The van der Waals surface area contributed by atoms with Gasteiger partial charge in [0, 0.05) is 19.0 Å². The van der Waals surface area contributed by atoms with Crippen LogP contribution in [0.5, 0.6) is 5.75 Å². The molecule has 1 aliphatic rings. The van der Waals surface area contributed by atoms with Gasteiger partial charge in [-0.15, -0.1) is 10.2 Å². The van der Waals surface area contributed by atoms with Crippen molar-refractivity contribution < 1.29 is 4.74 Å². The predicted molar refractivity (Wildman–Crippen MR) is 108 cm³/mol. The molecule has 1 fully saturated rings. The van der Waals surface area contributed by atoms with Gasteiger partial charge in [0.15, 0.2) is 0 Å². The lowest BCUT2D eigenvalue weighted by molar-refractivity contribution is 0.200. The van der Waals surface area contributed by atoms with E-state index >= 15 is 0 Å². The molecule has 0 spiro atoms. The summed E-state index contributed by atoms with van der Waals surface area (Å²) in [6, 6.07) is 8.50. The molecule has 0 aliphatic carbocycles. The largest absolute Gasteiger partial charge is 0.494 e. The van der Waals surface area contributed by atoms with Gasteiger partial charge in [-0.2, -0.15) is 0 Å². The molecule has 0 radical (unpaired) electrons. The van der Waals surface area contributed by atoms with Gasteiger partial charge in [-0.1, -0.05) is 12.1 Å². The molecule has 6 nitrogen and oxygen atoms in total. The molecule has 0 amide bonds. The van der Waals surface area contributed by atoms with Gasteiger partial charge < -0.3 is 14.2 Å². The first kappa shape index (κ1) is 19.8. The first-order chi connectivity index (χ1) is 13.1. The molecule has 6 heteroatoms. The second-order valence-corrected chi connectivity index (χ2v) is 7.58. The molecule has 0 bridgehead atoms. The average Bonchev–Trinajstić information content (AvgIpc) is 3.06. The number of rotatable bonds is 8. The Morgan fingerprint density at radius 3 is 2.37 bits per heavy atom. The van der Waals surface area contributed by atoms with Gasteiger partial charge >= 0.3 is 0 Å². The van der Waals surface area contributed by atoms with Crippen LogP contribution < -0.4 is 4.74 Å². The number of benzene rings is 1. The Labute approximate surface area is 163 Å². The minimum absolute atomic E-state index is 0.518. The van der Waals surface area contributed by atoms with Crippen molar-refractivity contribution in [3.63, 3.8) is 0 Å². The summed E-state index contributed by atoms with van der Waals surface area (Å²) >= 11 is 0. The first-order valence-corrected chi connectivity index (χ1v) is 10.1. The standard InChI is InChI=1S/C21H33N5O/c1-5-26-20(16-24(3)4)22-23-21(26)18-11-13-25(14-12-18)15-17-7-9-19(10-8-17)27-6-2/h7-10,18H,5-6,11-16H2,1-4H3. The van der Waals surface area contributed by atoms with E-state index in [9.17, 15) is 0 Å². The van der Waals surface area contributed by atoms with Gasteiger partial charge in [-0.3, -0.25) is 4.90 Å². The highest BCUT2D eigenvalue weighted by atomic mass is 16.5. The third-order valence-corrected chi connectivity index (χ3v) is 5.22. The van der Waals surface area contributed by atoms with E-state index in [1.807, 2.05) is 6.92 Å². The smallest absolute Gasteiger partial charge is 0.147 e. The topological polar surface area (TPSA) is 46.4 Å². The number of nitrogens with zero attached hydrogens (tertiary/aromatic N) is 5. The summed E-state index contributed by atoms with van der Waals surface area (Å²) in [6.45, 7) is 9.93. The second kappa shape index (κ2) is 9.33. The quantitative estimate of drug-likeness (QED) is 0.713. The Bertz CT molecular complexity index is 702. The molecule has 2 aromatic rings. The van der Waals surface area contributed by atoms with Gasteiger partial charge in [-0.05, 0) is 71.6 Å². The zero-order chi connectivity index (χ0) is 19.2. The summed E-state index contributed by atoms with van der Waals surface area (Å²) < 4.78 is 7.84. The second-order valence-electron chi connectivity index (χ2n) is 7.58. The number of hydrogen-bond donors (Lipinski definition) is 0. The normalized spacial score (nSPS) is 16.2. The summed E-state index contributed by atoms with van der Waals surface area (Å²) in [5.74, 6) is 3.72. The number of likely N-dealkylation sites (tertiary alicyclic amines) is 1. The summed E-state index contributed by atoms with van der Waals surface area (Å²) in [7, 11) is 4.15. The highest BCUT2D eigenvalue weighted by Gasteiger charge is 2.25. The van der Waals surface area contributed by atoms with Crippen LogP contribution in [0.4, 0.5) is 0 Å². The minimum Gasteiger partial charge on any atom is -0.494 e. The fraction of sp³-hybridized carbons (Fsp3) is 0.619. The Kier molecular flexibility index (Phi) is 6.85. The molecule has 1 saturated heterocycles. The Hall–Kier alpha value is -1.92. The molecule has 1 aromatic heterocycles. The number of ether oxygens (including phenoxy) is 1. The molecule has 0 N–H and O–H groups in total. The number of aromatic nitrogens is 3. The summed E-state index contributed by atoms with van der Waals surface area (Å²) in [6.07, 6.45) is 2.30. The zero-order valence-electron chi connectivity index (χ0n) is 17.2. The molecule has 0 atom stereocenters. The van der Waals surface area contributed by atoms with Gasteiger partial charge in [0.25, 0.3) is 0 Å². The predicted octanol–water partition coefficient (Wildman–Crippen LogP) is 3.14. The molecule has 27 heavy (non-hydrogen) atoms. The van der Waals surface area contributed by atoms with Crippen molar-refractivity contribution in [3.05, 3.63) is 41.5 Å². The Balaban J connectivity index is 1.56. The highest BCUT2D eigenvalue weighted by Crippen LogP contribution is 2.28. The molecular weight excluding hydrogens is 338 g/mol.